The second-order valence-electron chi connectivity index (χ2n) is 3.73. The van der Waals surface area contributed by atoms with Gasteiger partial charge in [0.25, 0.3) is 10.0 Å². The summed E-state index contributed by atoms with van der Waals surface area (Å²) in [6, 6.07) is 0. The van der Waals surface area contributed by atoms with Crippen LogP contribution in [-0.4, -0.2) is 48.0 Å². The molecule has 1 aromatic heterocycles. The van der Waals surface area contributed by atoms with Crippen molar-refractivity contribution in [2.75, 3.05) is 13.1 Å². The standard InChI is InChI=1S/C9H14N4O5S/c1-6-12-8(5-13(6)2)19(17,18)11-3-7(14)10-4-9(15)16/h5,11H,3-4H2,1-2H3,(H,10,14)(H,15,16). The average Bonchev–Trinajstić information content (AvgIpc) is 2.65. The van der Waals surface area contributed by atoms with Gasteiger partial charge in [-0.15, -0.1) is 0 Å². The van der Waals surface area contributed by atoms with Crippen LogP contribution < -0.4 is 10.0 Å². The van der Waals surface area contributed by atoms with Gasteiger partial charge in [0.05, 0.1) is 6.54 Å². The van der Waals surface area contributed by atoms with Crippen LogP contribution in [0.2, 0.25) is 0 Å². The number of aromatic nitrogens is 2. The zero-order valence-corrected chi connectivity index (χ0v) is 11.2. The summed E-state index contributed by atoms with van der Waals surface area (Å²) in [5.74, 6) is -1.44. The predicted molar refractivity (Wildman–Crippen MR) is 63.8 cm³/mol. The fourth-order valence-electron chi connectivity index (χ4n) is 1.13. The number of carboxylic acids is 1. The first-order valence-corrected chi connectivity index (χ1v) is 6.69. The van der Waals surface area contributed by atoms with Crippen LogP contribution in [0.4, 0.5) is 0 Å². The monoisotopic (exact) mass is 290 g/mol. The Kier molecular flexibility index (Phi) is 4.62. The van der Waals surface area contributed by atoms with E-state index in [-0.39, 0.29) is 5.03 Å². The maximum atomic E-state index is 11.8. The lowest BCUT2D eigenvalue weighted by Crippen LogP contribution is -2.39. The van der Waals surface area contributed by atoms with E-state index in [4.69, 9.17) is 5.11 Å². The van der Waals surface area contributed by atoms with Crippen LogP contribution in [0.25, 0.3) is 0 Å². The molecule has 0 unspecified atom stereocenters. The second kappa shape index (κ2) is 5.80. The fraction of sp³-hybridized carbons (Fsp3) is 0.444. The quantitative estimate of drug-likeness (QED) is 0.567. The number of carbonyl (C=O) groups excluding carboxylic acids is 1. The third-order valence-electron chi connectivity index (χ3n) is 2.22. The summed E-state index contributed by atoms with van der Waals surface area (Å²) in [6.07, 6.45) is 1.31. The number of aliphatic carboxylic acids is 1. The topological polar surface area (TPSA) is 130 Å². The lowest BCUT2D eigenvalue weighted by atomic mass is 10.5. The lowest BCUT2D eigenvalue weighted by Gasteiger charge is -2.04. The molecule has 0 aliphatic carbocycles. The number of rotatable bonds is 6. The first kappa shape index (κ1) is 15.1. The first-order chi connectivity index (χ1) is 8.72. The average molecular weight is 290 g/mol. The Labute approximate surface area is 109 Å². The SMILES string of the molecule is Cc1nc(S(=O)(=O)NCC(=O)NCC(=O)O)cn1C. The number of hydrogen-bond donors (Lipinski definition) is 3. The van der Waals surface area contributed by atoms with Gasteiger partial charge in [0, 0.05) is 13.2 Å². The minimum Gasteiger partial charge on any atom is -0.480 e. The molecule has 0 radical (unpaired) electrons. The summed E-state index contributed by atoms with van der Waals surface area (Å²) >= 11 is 0. The summed E-state index contributed by atoms with van der Waals surface area (Å²) in [7, 11) is -2.25. The minimum absolute atomic E-state index is 0.196. The highest BCUT2D eigenvalue weighted by molar-refractivity contribution is 7.89. The molecule has 106 valence electrons. The third-order valence-corrected chi connectivity index (χ3v) is 3.49. The van der Waals surface area contributed by atoms with E-state index in [1.54, 1.807) is 14.0 Å². The molecule has 1 heterocycles. The number of hydrogen-bond acceptors (Lipinski definition) is 5. The molecular formula is C9H14N4O5S. The molecule has 0 atom stereocenters. The van der Waals surface area contributed by atoms with Crippen LogP contribution in [-0.2, 0) is 26.7 Å². The Bertz CT molecular complexity index is 572. The van der Waals surface area contributed by atoms with Crippen LogP contribution in [0.3, 0.4) is 0 Å². The first-order valence-electron chi connectivity index (χ1n) is 5.20. The smallest absolute Gasteiger partial charge is 0.322 e. The van der Waals surface area contributed by atoms with E-state index >= 15 is 0 Å². The van der Waals surface area contributed by atoms with Crippen LogP contribution >= 0.6 is 0 Å². The van der Waals surface area contributed by atoms with Gasteiger partial charge in [-0.2, -0.15) is 0 Å². The van der Waals surface area contributed by atoms with E-state index in [1.807, 2.05) is 10.0 Å². The second-order valence-corrected chi connectivity index (χ2v) is 5.45. The summed E-state index contributed by atoms with van der Waals surface area (Å²) in [6.45, 7) is 0.521. The van der Waals surface area contributed by atoms with Crippen LogP contribution in [0.15, 0.2) is 11.2 Å². The van der Waals surface area contributed by atoms with E-state index in [9.17, 15) is 18.0 Å². The van der Waals surface area contributed by atoms with E-state index in [1.165, 1.54) is 10.8 Å². The highest BCUT2D eigenvalue weighted by Gasteiger charge is 2.19. The molecule has 1 aromatic rings. The number of aryl methyl sites for hydroxylation is 2. The molecule has 19 heavy (non-hydrogen) atoms. The summed E-state index contributed by atoms with van der Waals surface area (Å²) in [4.78, 5) is 25.2. The molecule has 9 nitrogen and oxygen atoms in total. The zero-order valence-electron chi connectivity index (χ0n) is 10.4. The van der Waals surface area contributed by atoms with Crippen molar-refractivity contribution in [1.29, 1.82) is 0 Å². The highest BCUT2D eigenvalue weighted by Crippen LogP contribution is 2.06. The molecule has 0 saturated carbocycles. The summed E-state index contributed by atoms with van der Waals surface area (Å²) in [5, 5.41) is 10.2. The van der Waals surface area contributed by atoms with Gasteiger partial charge < -0.3 is 15.0 Å². The zero-order chi connectivity index (χ0) is 14.6. The van der Waals surface area contributed by atoms with Crippen molar-refractivity contribution in [1.82, 2.24) is 19.6 Å². The van der Waals surface area contributed by atoms with Crippen molar-refractivity contribution in [3.05, 3.63) is 12.0 Å². The van der Waals surface area contributed by atoms with Crippen molar-refractivity contribution in [3.63, 3.8) is 0 Å². The van der Waals surface area contributed by atoms with Crippen LogP contribution in [0.5, 0.6) is 0 Å². The Morgan fingerprint density at radius 3 is 2.53 bits per heavy atom. The fourth-order valence-corrected chi connectivity index (χ4v) is 2.15. The molecule has 0 fully saturated rings. The van der Waals surface area contributed by atoms with Crippen molar-refractivity contribution >= 4 is 21.9 Å². The number of amides is 1. The van der Waals surface area contributed by atoms with Gasteiger partial charge in [-0.3, -0.25) is 9.59 Å². The number of carbonyl (C=O) groups is 2. The maximum Gasteiger partial charge on any atom is 0.322 e. The lowest BCUT2D eigenvalue weighted by molar-refractivity contribution is -0.137. The van der Waals surface area contributed by atoms with Gasteiger partial charge in [-0.25, -0.2) is 18.1 Å². The molecule has 0 aliphatic heterocycles. The number of nitrogens with zero attached hydrogens (tertiary/aromatic N) is 2. The number of imidazole rings is 1. The third kappa shape index (κ3) is 4.34. The molecule has 3 N–H and O–H groups in total. The molecule has 0 spiro atoms. The van der Waals surface area contributed by atoms with Crippen LogP contribution in [0, 0.1) is 6.92 Å². The molecule has 1 amide bonds. The summed E-state index contributed by atoms with van der Waals surface area (Å²) in [5.41, 5.74) is 0. The van der Waals surface area contributed by atoms with E-state index in [0.717, 1.165) is 0 Å². The van der Waals surface area contributed by atoms with Gasteiger partial charge in [0.15, 0.2) is 5.03 Å². The van der Waals surface area contributed by atoms with Crippen molar-refractivity contribution in [3.8, 4) is 0 Å². The van der Waals surface area contributed by atoms with E-state index < -0.39 is 35.0 Å². The van der Waals surface area contributed by atoms with E-state index in [2.05, 4.69) is 4.98 Å². The maximum absolute atomic E-state index is 11.8. The molecule has 10 heteroatoms. The van der Waals surface area contributed by atoms with Gasteiger partial charge in [-0.1, -0.05) is 0 Å². The Hall–Kier alpha value is -1.94. The van der Waals surface area contributed by atoms with Gasteiger partial charge in [0.2, 0.25) is 5.91 Å². The van der Waals surface area contributed by atoms with E-state index in [0.29, 0.717) is 5.82 Å². The Balaban J connectivity index is 2.61. The normalized spacial score (nSPS) is 11.3. The van der Waals surface area contributed by atoms with Crippen LogP contribution in [0.1, 0.15) is 5.82 Å². The Morgan fingerprint density at radius 1 is 1.42 bits per heavy atom. The predicted octanol–water partition coefficient (Wildman–Crippen LogP) is -1.79. The molecule has 1 rings (SSSR count). The van der Waals surface area contributed by atoms with Gasteiger partial charge >= 0.3 is 5.97 Å². The molecule has 0 aromatic carbocycles. The molecule has 0 bridgehead atoms. The minimum atomic E-state index is -3.89. The van der Waals surface area contributed by atoms with Crippen molar-refractivity contribution in [2.24, 2.45) is 7.05 Å². The molecular weight excluding hydrogens is 276 g/mol. The summed E-state index contributed by atoms with van der Waals surface area (Å²) < 4.78 is 27.1. The van der Waals surface area contributed by atoms with Crippen molar-refractivity contribution < 1.29 is 23.1 Å². The highest BCUT2D eigenvalue weighted by atomic mass is 32.2. The van der Waals surface area contributed by atoms with Gasteiger partial charge in [-0.05, 0) is 6.92 Å². The van der Waals surface area contributed by atoms with Gasteiger partial charge in [0.1, 0.15) is 12.4 Å². The van der Waals surface area contributed by atoms with Crippen molar-refractivity contribution in [2.45, 2.75) is 11.9 Å². The number of carboxylic acid groups (broad SMARTS) is 1. The number of nitrogens with one attached hydrogen (secondary N) is 2. The Morgan fingerprint density at radius 2 is 2.05 bits per heavy atom. The largest absolute Gasteiger partial charge is 0.480 e. The molecule has 0 saturated heterocycles. The molecule has 0 aliphatic rings. The number of sulfonamides is 1.